The number of carbonyl (C=O) groups excluding carboxylic acids is 1. The van der Waals surface area contributed by atoms with Gasteiger partial charge in [0.2, 0.25) is 10.0 Å². The summed E-state index contributed by atoms with van der Waals surface area (Å²) in [5.74, 6) is 1.49. The third-order valence-corrected chi connectivity index (χ3v) is 4.20. The van der Waals surface area contributed by atoms with Gasteiger partial charge in [0.25, 0.3) is 0 Å². The van der Waals surface area contributed by atoms with E-state index in [0.717, 1.165) is 11.4 Å². The van der Waals surface area contributed by atoms with E-state index in [2.05, 4.69) is 10.7 Å². The molecule has 0 spiro atoms. The van der Waals surface area contributed by atoms with Gasteiger partial charge >= 0.3 is 5.97 Å². The van der Waals surface area contributed by atoms with Crippen molar-refractivity contribution in [2.45, 2.75) is 25.5 Å². The van der Waals surface area contributed by atoms with Crippen LogP contribution >= 0.6 is 0 Å². The van der Waals surface area contributed by atoms with E-state index < -0.39 is 21.2 Å². The van der Waals surface area contributed by atoms with E-state index >= 15 is 0 Å². The Morgan fingerprint density at radius 2 is 2.12 bits per heavy atom. The number of ether oxygens (including phenoxy) is 1. The lowest BCUT2D eigenvalue weighted by Crippen LogP contribution is -2.42. The molecule has 0 aliphatic carbocycles. The number of esters is 1. The van der Waals surface area contributed by atoms with Crippen molar-refractivity contribution in [2.24, 2.45) is 0 Å². The molecule has 0 bridgehead atoms. The van der Waals surface area contributed by atoms with Gasteiger partial charge in [-0.15, -0.1) is 6.42 Å². The third kappa shape index (κ3) is 3.51. The van der Waals surface area contributed by atoms with Gasteiger partial charge in [0.05, 0.1) is 13.7 Å². The molecule has 0 aromatic rings. The standard InChI is InChI=1S/C10H17NO4S/c1-5-7-11(8-6-2)16(13,14)9(3)10(12)15-4/h1,9H,6-8H2,2-4H3. The van der Waals surface area contributed by atoms with Gasteiger partial charge in [-0.2, -0.15) is 4.31 Å². The van der Waals surface area contributed by atoms with E-state index in [-0.39, 0.29) is 6.54 Å². The molecule has 0 amide bonds. The minimum Gasteiger partial charge on any atom is -0.468 e. The first-order valence-corrected chi connectivity index (χ1v) is 6.42. The second kappa shape index (κ2) is 6.51. The second-order valence-electron chi connectivity index (χ2n) is 3.25. The molecule has 0 aromatic carbocycles. The fraction of sp³-hybridized carbons (Fsp3) is 0.700. The molecule has 0 aromatic heterocycles. The summed E-state index contributed by atoms with van der Waals surface area (Å²) in [4.78, 5) is 11.2. The summed E-state index contributed by atoms with van der Waals surface area (Å²) in [6.07, 6.45) is 5.73. The van der Waals surface area contributed by atoms with Crippen molar-refractivity contribution >= 4 is 16.0 Å². The lowest BCUT2D eigenvalue weighted by molar-refractivity contribution is -0.139. The fourth-order valence-corrected chi connectivity index (χ4v) is 2.64. The molecule has 0 aliphatic heterocycles. The zero-order chi connectivity index (χ0) is 12.8. The van der Waals surface area contributed by atoms with E-state index in [0.29, 0.717) is 13.0 Å². The lowest BCUT2D eigenvalue weighted by Gasteiger charge is -2.22. The van der Waals surface area contributed by atoms with Crippen LogP contribution in [0.25, 0.3) is 0 Å². The fourth-order valence-electron chi connectivity index (χ4n) is 1.16. The van der Waals surface area contributed by atoms with Crippen LogP contribution in [0.5, 0.6) is 0 Å². The molecule has 92 valence electrons. The van der Waals surface area contributed by atoms with Crippen molar-refractivity contribution in [3.05, 3.63) is 0 Å². The van der Waals surface area contributed by atoms with Crippen molar-refractivity contribution in [1.82, 2.24) is 4.31 Å². The third-order valence-electron chi connectivity index (χ3n) is 2.08. The first kappa shape index (κ1) is 14.9. The topological polar surface area (TPSA) is 63.7 Å². The number of hydrogen-bond acceptors (Lipinski definition) is 4. The molecular weight excluding hydrogens is 230 g/mol. The highest BCUT2D eigenvalue weighted by Crippen LogP contribution is 2.10. The molecule has 0 heterocycles. The van der Waals surface area contributed by atoms with Crippen molar-refractivity contribution in [3.63, 3.8) is 0 Å². The maximum absolute atomic E-state index is 11.9. The predicted molar refractivity (Wildman–Crippen MR) is 61.1 cm³/mol. The molecule has 5 nitrogen and oxygen atoms in total. The van der Waals surface area contributed by atoms with Crippen molar-refractivity contribution in [1.29, 1.82) is 0 Å². The van der Waals surface area contributed by atoms with Crippen molar-refractivity contribution in [3.8, 4) is 12.3 Å². The number of nitrogens with zero attached hydrogens (tertiary/aromatic N) is 1. The monoisotopic (exact) mass is 247 g/mol. The van der Waals surface area contributed by atoms with Crippen LogP contribution in [0.3, 0.4) is 0 Å². The van der Waals surface area contributed by atoms with Gasteiger partial charge in [0, 0.05) is 6.54 Å². The number of terminal acetylenes is 1. The largest absolute Gasteiger partial charge is 0.468 e. The van der Waals surface area contributed by atoms with E-state index in [1.807, 2.05) is 6.92 Å². The average Bonchev–Trinajstić information content (AvgIpc) is 2.26. The molecule has 0 fully saturated rings. The van der Waals surface area contributed by atoms with E-state index in [4.69, 9.17) is 6.42 Å². The van der Waals surface area contributed by atoms with Crippen LogP contribution in [0.4, 0.5) is 0 Å². The number of carbonyl (C=O) groups is 1. The molecule has 6 heteroatoms. The van der Waals surface area contributed by atoms with E-state index in [1.165, 1.54) is 6.92 Å². The summed E-state index contributed by atoms with van der Waals surface area (Å²) in [7, 11) is -2.57. The molecule has 1 unspecified atom stereocenters. The highest BCUT2D eigenvalue weighted by molar-refractivity contribution is 7.90. The molecule has 0 N–H and O–H groups in total. The molecule has 0 saturated heterocycles. The Morgan fingerprint density at radius 3 is 2.50 bits per heavy atom. The minimum absolute atomic E-state index is 0.0303. The molecule has 0 radical (unpaired) electrons. The maximum atomic E-state index is 11.9. The van der Waals surface area contributed by atoms with Crippen LogP contribution in [0.1, 0.15) is 20.3 Å². The Hall–Kier alpha value is -1.06. The maximum Gasteiger partial charge on any atom is 0.325 e. The highest BCUT2D eigenvalue weighted by Gasteiger charge is 2.33. The predicted octanol–water partition coefficient (Wildman–Crippen LogP) is 0.223. The Labute approximate surface area is 96.8 Å². The molecule has 0 rings (SSSR count). The average molecular weight is 247 g/mol. The molecule has 1 atom stereocenters. The van der Waals surface area contributed by atoms with Crippen LogP contribution < -0.4 is 0 Å². The van der Waals surface area contributed by atoms with Gasteiger partial charge in [-0.1, -0.05) is 12.8 Å². The van der Waals surface area contributed by atoms with Gasteiger partial charge in [0.1, 0.15) is 0 Å². The first-order valence-electron chi connectivity index (χ1n) is 4.92. The van der Waals surface area contributed by atoms with Crippen molar-refractivity contribution in [2.75, 3.05) is 20.2 Å². The molecular formula is C10H17NO4S. The van der Waals surface area contributed by atoms with E-state index in [1.54, 1.807) is 0 Å². The van der Waals surface area contributed by atoms with Gasteiger partial charge in [0.15, 0.2) is 5.25 Å². The second-order valence-corrected chi connectivity index (χ2v) is 5.50. The normalized spacial score (nSPS) is 13.2. The smallest absolute Gasteiger partial charge is 0.325 e. The number of methoxy groups -OCH3 is 1. The summed E-state index contributed by atoms with van der Waals surface area (Å²) >= 11 is 0. The summed E-state index contributed by atoms with van der Waals surface area (Å²) in [5.41, 5.74) is 0. The van der Waals surface area contributed by atoms with Crippen LogP contribution in [-0.2, 0) is 19.6 Å². The van der Waals surface area contributed by atoms with Crippen LogP contribution in [-0.4, -0.2) is 44.1 Å². The number of rotatable bonds is 6. The summed E-state index contributed by atoms with van der Waals surface area (Å²) in [6.45, 7) is 3.40. The Morgan fingerprint density at radius 1 is 1.56 bits per heavy atom. The summed E-state index contributed by atoms with van der Waals surface area (Å²) in [5, 5.41) is -1.22. The molecule has 16 heavy (non-hydrogen) atoms. The number of hydrogen-bond donors (Lipinski definition) is 0. The molecule has 0 saturated carbocycles. The SMILES string of the molecule is C#CCN(CCC)S(=O)(=O)C(C)C(=O)OC. The van der Waals surface area contributed by atoms with Crippen LogP contribution in [0, 0.1) is 12.3 Å². The van der Waals surface area contributed by atoms with E-state index in [9.17, 15) is 13.2 Å². The quantitative estimate of drug-likeness (QED) is 0.497. The lowest BCUT2D eigenvalue weighted by atomic mass is 10.5. The number of sulfonamides is 1. The zero-order valence-electron chi connectivity index (χ0n) is 9.76. The highest BCUT2D eigenvalue weighted by atomic mass is 32.2. The first-order chi connectivity index (χ1) is 7.41. The Balaban J connectivity index is 4.99. The van der Waals surface area contributed by atoms with Gasteiger partial charge in [-0.25, -0.2) is 8.42 Å². The van der Waals surface area contributed by atoms with Crippen molar-refractivity contribution < 1.29 is 17.9 Å². The zero-order valence-corrected chi connectivity index (χ0v) is 10.6. The summed E-state index contributed by atoms with van der Waals surface area (Å²) in [6, 6.07) is 0. The Bertz CT molecular complexity index is 369. The Kier molecular flexibility index (Phi) is 6.08. The molecule has 0 aliphatic rings. The van der Waals surface area contributed by atoms with Gasteiger partial charge in [-0.05, 0) is 13.3 Å². The van der Waals surface area contributed by atoms with Crippen LogP contribution in [0.2, 0.25) is 0 Å². The summed E-state index contributed by atoms with van der Waals surface area (Å²) < 4.78 is 29.4. The van der Waals surface area contributed by atoms with Gasteiger partial charge < -0.3 is 4.74 Å². The van der Waals surface area contributed by atoms with Gasteiger partial charge in [-0.3, -0.25) is 4.79 Å². The minimum atomic E-state index is -3.72. The van der Waals surface area contributed by atoms with Crippen LogP contribution in [0.15, 0.2) is 0 Å².